The van der Waals surface area contributed by atoms with E-state index in [0.717, 1.165) is 41.2 Å². The van der Waals surface area contributed by atoms with Gasteiger partial charge in [-0.2, -0.15) is 0 Å². The Labute approximate surface area is 254 Å². The van der Waals surface area contributed by atoms with Gasteiger partial charge in [0, 0.05) is 13.1 Å². The first-order valence-electron chi connectivity index (χ1n) is 12.4. The molecule has 0 aromatic heterocycles. The fourth-order valence-corrected chi connectivity index (χ4v) is 6.00. The van der Waals surface area contributed by atoms with Crippen LogP contribution < -0.4 is 0 Å². The minimum Gasteiger partial charge on any atom is -0.342 e. The molecule has 0 unspecified atom stereocenters. The Morgan fingerprint density at radius 2 is 1.31 bits per heavy atom. The molecule has 4 nitrogen and oxygen atoms in total. The third kappa shape index (κ3) is 6.18. The number of halogens is 6. The lowest BCUT2D eigenvalue weighted by Gasteiger charge is -2.39. The van der Waals surface area contributed by atoms with E-state index >= 15 is 4.39 Å². The predicted molar refractivity (Wildman–Crippen MR) is 165 cm³/mol. The van der Waals surface area contributed by atoms with E-state index < -0.39 is 5.82 Å². The molecule has 1 aliphatic heterocycles. The summed E-state index contributed by atoms with van der Waals surface area (Å²) >= 11 is 32.6. The molecule has 3 aromatic carbocycles. The van der Waals surface area contributed by atoms with Crippen LogP contribution in [0.4, 0.5) is 15.8 Å². The third-order valence-corrected chi connectivity index (χ3v) is 8.99. The highest BCUT2D eigenvalue weighted by Gasteiger charge is 2.29. The number of hydrogen-bond acceptors (Lipinski definition) is 2. The molecule has 0 N–H and O–H groups in total. The fraction of sp³-hybridized carbons (Fsp3) is 0.310. The van der Waals surface area contributed by atoms with Gasteiger partial charge in [0.25, 0.3) is 0 Å². The second kappa shape index (κ2) is 12.2. The van der Waals surface area contributed by atoms with E-state index in [1.54, 1.807) is 6.92 Å². The maximum atomic E-state index is 15.2. The van der Waals surface area contributed by atoms with Crippen LogP contribution in [-0.4, -0.2) is 41.2 Å². The molecule has 39 heavy (non-hydrogen) atoms. The highest BCUT2D eigenvalue weighted by Crippen LogP contribution is 2.45. The number of amidine groups is 2. The van der Waals surface area contributed by atoms with Crippen molar-refractivity contribution in [3.8, 4) is 0 Å². The van der Waals surface area contributed by atoms with Crippen LogP contribution in [-0.2, 0) is 0 Å². The Hall–Kier alpha value is -2.02. The van der Waals surface area contributed by atoms with Crippen molar-refractivity contribution in [1.29, 1.82) is 0 Å². The first-order chi connectivity index (χ1) is 18.4. The number of para-hydroxylation sites is 1. The summed E-state index contributed by atoms with van der Waals surface area (Å²) in [5, 5.41) is 0.346. The Bertz CT molecular complexity index is 1430. The summed E-state index contributed by atoms with van der Waals surface area (Å²) in [5.41, 5.74) is 5.08. The van der Waals surface area contributed by atoms with Crippen LogP contribution in [0, 0.1) is 33.5 Å². The average molecular weight is 629 g/mol. The molecule has 3 aromatic rings. The zero-order chi connectivity index (χ0) is 28.6. The van der Waals surface area contributed by atoms with Crippen molar-refractivity contribution in [2.24, 2.45) is 9.98 Å². The summed E-state index contributed by atoms with van der Waals surface area (Å²) in [4.78, 5) is 13.9. The number of aryl methyl sites for hydroxylation is 4. The van der Waals surface area contributed by atoms with Crippen LogP contribution >= 0.6 is 58.0 Å². The van der Waals surface area contributed by atoms with E-state index in [4.69, 9.17) is 68.0 Å². The lowest BCUT2D eigenvalue weighted by Crippen LogP contribution is -2.49. The van der Waals surface area contributed by atoms with Crippen LogP contribution in [0.2, 0.25) is 25.1 Å². The summed E-state index contributed by atoms with van der Waals surface area (Å²) in [6.45, 7) is 11.5. The van der Waals surface area contributed by atoms with Gasteiger partial charge in [-0.25, -0.2) is 14.4 Å². The van der Waals surface area contributed by atoms with Crippen LogP contribution in [0.5, 0.6) is 0 Å². The Morgan fingerprint density at radius 1 is 0.744 bits per heavy atom. The largest absolute Gasteiger partial charge is 0.342 e. The summed E-state index contributed by atoms with van der Waals surface area (Å²) < 4.78 is 15.2. The van der Waals surface area contributed by atoms with E-state index in [-0.39, 0.29) is 30.8 Å². The van der Waals surface area contributed by atoms with Crippen LogP contribution in [0.15, 0.2) is 40.3 Å². The fourth-order valence-electron chi connectivity index (χ4n) is 4.69. The van der Waals surface area contributed by atoms with E-state index in [1.165, 1.54) is 6.07 Å². The molecule has 0 saturated carbocycles. The normalized spacial score (nSPS) is 14.8. The second-order valence-electron chi connectivity index (χ2n) is 9.71. The lowest BCUT2D eigenvalue weighted by atomic mass is 10.1. The molecule has 206 valence electrons. The Morgan fingerprint density at radius 3 is 1.90 bits per heavy atom. The SMILES string of the molecule is CC(=Nc1c(C)cccc1C)N1CCCN(C(=Nc2c(C)cc(C)cc2F)c2c(Cl)c(Cl)c(Cl)c(Cl)c2Cl)C1. The van der Waals surface area contributed by atoms with Crippen molar-refractivity contribution in [3.05, 3.63) is 89.1 Å². The van der Waals surface area contributed by atoms with Gasteiger partial charge in [-0.3, -0.25) is 0 Å². The first-order valence-corrected chi connectivity index (χ1v) is 14.3. The summed E-state index contributed by atoms with van der Waals surface area (Å²) in [5.74, 6) is 0.740. The summed E-state index contributed by atoms with van der Waals surface area (Å²) in [6, 6.07) is 9.42. The summed E-state index contributed by atoms with van der Waals surface area (Å²) in [7, 11) is 0. The van der Waals surface area contributed by atoms with Crippen LogP contribution in [0.3, 0.4) is 0 Å². The molecular formula is C29H28Cl5FN4. The molecule has 10 heteroatoms. The molecule has 1 heterocycles. The van der Waals surface area contributed by atoms with Gasteiger partial charge in [-0.1, -0.05) is 82.3 Å². The standard InChI is InChI=1S/C29H28Cl5FN4/c1-15-12-18(4)28(20(35)13-15)37-29(21-22(30)24(32)26(34)25(33)23(21)31)39-11-7-10-38(14-39)19(5)36-27-16(2)8-6-9-17(27)3/h6,8-9,12-13H,7,10-11,14H2,1-5H3. The van der Waals surface area contributed by atoms with Gasteiger partial charge in [-0.05, 0) is 69.4 Å². The van der Waals surface area contributed by atoms with Crippen molar-refractivity contribution in [2.75, 3.05) is 19.8 Å². The molecule has 0 amide bonds. The van der Waals surface area contributed by atoms with Crippen LogP contribution in [0.25, 0.3) is 0 Å². The maximum Gasteiger partial charge on any atom is 0.149 e. The van der Waals surface area contributed by atoms with Crippen molar-refractivity contribution < 1.29 is 4.39 Å². The number of aliphatic imine (C=N–C) groups is 2. The highest BCUT2D eigenvalue weighted by atomic mass is 35.5. The average Bonchev–Trinajstić information content (AvgIpc) is 2.89. The molecule has 0 spiro atoms. The maximum absolute atomic E-state index is 15.2. The molecular weight excluding hydrogens is 601 g/mol. The molecule has 4 rings (SSSR count). The minimum atomic E-state index is -0.454. The van der Waals surface area contributed by atoms with Gasteiger partial charge in [0.1, 0.15) is 23.2 Å². The van der Waals surface area contributed by atoms with Crippen molar-refractivity contribution >= 4 is 81.1 Å². The topological polar surface area (TPSA) is 31.2 Å². The molecule has 0 bridgehead atoms. The minimum absolute atomic E-state index is 0.0472. The van der Waals surface area contributed by atoms with E-state index in [9.17, 15) is 0 Å². The quantitative estimate of drug-likeness (QED) is 0.125. The third-order valence-electron chi connectivity index (χ3n) is 6.72. The predicted octanol–water partition coefficient (Wildman–Crippen LogP) is 10.1. The number of benzene rings is 3. The van der Waals surface area contributed by atoms with Gasteiger partial charge in [0.05, 0.1) is 43.0 Å². The highest BCUT2D eigenvalue weighted by molar-refractivity contribution is 6.56. The molecule has 1 saturated heterocycles. The monoisotopic (exact) mass is 626 g/mol. The smallest absolute Gasteiger partial charge is 0.149 e. The number of hydrogen-bond donors (Lipinski definition) is 0. The summed E-state index contributed by atoms with van der Waals surface area (Å²) in [6.07, 6.45) is 0.790. The zero-order valence-electron chi connectivity index (χ0n) is 22.3. The van der Waals surface area contributed by atoms with Gasteiger partial charge in [0.2, 0.25) is 0 Å². The van der Waals surface area contributed by atoms with Crippen LogP contribution in [0.1, 0.15) is 41.2 Å². The van der Waals surface area contributed by atoms with E-state index in [2.05, 4.69) is 4.90 Å². The van der Waals surface area contributed by atoms with Gasteiger partial charge in [-0.15, -0.1) is 0 Å². The molecule has 0 atom stereocenters. The van der Waals surface area contributed by atoms with E-state index in [1.807, 2.05) is 56.9 Å². The molecule has 0 radical (unpaired) electrons. The Balaban J connectivity index is 1.85. The zero-order valence-corrected chi connectivity index (χ0v) is 26.1. The first kappa shape index (κ1) is 30.0. The van der Waals surface area contributed by atoms with Crippen molar-refractivity contribution in [1.82, 2.24) is 9.80 Å². The van der Waals surface area contributed by atoms with Gasteiger partial charge in [0.15, 0.2) is 0 Å². The Kier molecular flexibility index (Phi) is 9.40. The molecule has 1 fully saturated rings. The van der Waals surface area contributed by atoms with Crippen molar-refractivity contribution in [2.45, 2.75) is 41.0 Å². The lowest BCUT2D eigenvalue weighted by molar-refractivity contribution is 0.212. The van der Waals surface area contributed by atoms with Gasteiger partial charge >= 0.3 is 0 Å². The number of nitrogens with zero attached hydrogens (tertiary/aromatic N) is 4. The van der Waals surface area contributed by atoms with E-state index in [0.29, 0.717) is 30.2 Å². The second-order valence-corrected chi connectivity index (χ2v) is 11.6. The number of rotatable bonds is 3. The van der Waals surface area contributed by atoms with Gasteiger partial charge < -0.3 is 9.80 Å². The van der Waals surface area contributed by atoms with Crippen molar-refractivity contribution in [3.63, 3.8) is 0 Å². The molecule has 1 aliphatic rings. The molecule has 0 aliphatic carbocycles.